The van der Waals surface area contributed by atoms with Crippen molar-refractivity contribution >= 4 is 39.9 Å². The minimum Gasteiger partial charge on any atom is -0.488 e. The molecular weight excluding hydrogens is 797 g/mol. The molecule has 8 rings (SSSR count). The van der Waals surface area contributed by atoms with E-state index >= 15 is 0 Å². The Morgan fingerprint density at radius 3 is 2.39 bits per heavy atom. The van der Waals surface area contributed by atoms with Crippen LogP contribution >= 0.6 is 0 Å². The summed E-state index contributed by atoms with van der Waals surface area (Å²) in [6.07, 6.45) is 0.639. The number of ether oxygens (including phenoxy) is 5. The summed E-state index contributed by atoms with van der Waals surface area (Å²) in [5.74, 6) is 2.14. The highest BCUT2D eigenvalue weighted by Crippen LogP contribution is 2.44. The summed E-state index contributed by atoms with van der Waals surface area (Å²) in [6, 6.07) is 12.4. The van der Waals surface area contributed by atoms with Gasteiger partial charge >= 0.3 is 12.2 Å². The number of methoxy groups -OCH3 is 4. The van der Waals surface area contributed by atoms with Crippen molar-refractivity contribution in [1.29, 1.82) is 0 Å². The van der Waals surface area contributed by atoms with E-state index in [0.29, 0.717) is 25.4 Å². The van der Waals surface area contributed by atoms with Crippen molar-refractivity contribution in [2.75, 3.05) is 35.0 Å². The summed E-state index contributed by atoms with van der Waals surface area (Å²) in [5, 5.41) is 19.1. The van der Waals surface area contributed by atoms with Crippen LogP contribution in [0.25, 0.3) is 44.2 Å². The number of carbonyl (C=O) groups excluding carboxylic acids is 3. The zero-order chi connectivity index (χ0) is 44.0. The maximum atomic E-state index is 13.9. The molecule has 330 valence electrons. The zero-order valence-corrected chi connectivity index (χ0v) is 36.4. The molecule has 3 aliphatic heterocycles. The number of fused-ring (bicyclic) bond motifs is 6. The highest BCUT2D eigenvalue weighted by molar-refractivity contribution is 6.07. The number of benzene rings is 3. The number of nitrogens with zero attached hydrogens (tertiary/aromatic N) is 4. The largest absolute Gasteiger partial charge is 0.488 e. The molecule has 1 unspecified atom stereocenters. The number of hydrogen-bond donors (Lipinski definition) is 5. The summed E-state index contributed by atoms with van der Waals surface area (Å²) in [5.41, 5.74) is 6.53. The van der Waals surface area contributed by atoms with Crippen molar-refractivity contribution in [2.45, 2.75) is 102 Å². The van der Waals surface area contributed by atoms with E-state index in [9.17, 15) is 19.5 Å². The van der Waals surface area contributed by atoms with Gasteiger partial charge in [-0.1, -0.05) is 25.1 Å². The topological polar surface area (TPSA) is 205 Å². The van der Waals surface area contributed by atoms with Crippen LogP contribution < -0.4 is 15.4 Å². The number of rotatable bonds is 12. The number of hydrogen-bond acceptors (Lipinski definition) is 12. The lowest BCUT2D eigenvalue weighted by Crippen LogP contribution is -2.58. The maximum Gasteiger partial charge on any atom is 0.407 e. The lowest BCUT2D eigenvalue weighted by atomic mass is 9.92. The molecule has 2 aromatic heterocycles. The third-order valence-electron chi connectivity index (χ3n) is 13.0. The van der Waals surface area contributed by atoms with Gasteiger partial charge in [0.2, 0.25) is 5.91 Å². The van der Waals surface area contributed by atoms with E-state index in [1.807, 2.05) is 11.0 Å². The van der Waals surface area contributed by atoms with Crippen LogP contribution in [0.3, 0.4) is 0 Å². The predicted molar refractivity (Wildman–Crippen MR) is 230 cm³/mol. The van der Waals surface area contributed by atoms with E-state index in [-0.39, 0.29) is 30.0 Å². The van der Waals surface area contributed by atoms with E-state index in [2.05, 4.69) is 70.8 Å². The van der Waals surface area contributed by atoms with Gasteiger partial charge in [-0.3, -0.25) is 9.69 Å². The Morgan fingerprint density at radius 2 is 1.65 bits per heavy atom. The Hall–Kier alpha value is -5.75. The number of aliphatic hydroxyl groups excluding tert-OH is 1. The highest BCUT2D eigenvalue weighted by Gasteiger charge is 2.44. The van der Waals surface area contributed by atoms with Crippen molar-refractivity contribution in [3.8, 4) is 28.1 Å². The van der Waals surface area contributed by atoms with Crippen LogP contribution in [0, 0.1) is 5.92 Å². The van der Waals surface area contributed by atoms with Gasteiger partial charge in [0.1, 0.15) is 36.3 Å². The molecule has 0 aliphatic carbocycles. The number of H-pyrrole nitrogens is 2. The number of imidazole rings is 2. The number of carbonyl (C=O) groups is 3. The normalized spacial score (nSPS) is 22.3. The van der Waals surface area contributed by atoms with Crippen LogP contribution in [-0.2, 0) is 30.3 Å². The van der Waals surface area contributed by atoms with Crippen molar-refractivity contribution in [3.63, 3.8) is 0 Å². The minimum atomic E-state index is -1.06. The van der Waals surface area contributed by atoms with Gasteiger partial charge in [-0.15, -0.1) is 0 Å². The minimum absolute atomic E-state index is 0.0148. The molecule has 2 fully saturated rings. The molecule has 0 spiro atoms. The van der Waals surface area contributed by atoms with Crippen LogP contribution in [0.4, 0.5) is 9.59 Å². The van der Waals surface area contributed by atoms with Crippen molar-refractivity contribution in [1.82, 2.24) is 40.4 Å². The first kappa shape index (κ1) is 42.9. The van der Waals surface area contributed by atoms with E-state index < -0.39 is 42.7 Å². The number of aromatic nitrogens is 4. The van der Waals surface area contributed by atoms with Crippen LogP contribution in [0.2, 0.25) is 0 Å². The lowest BCUT2D eigenvalue weighted by molar-refractivity contribution is -0.137. The third-order valence-corrected chi connectivity index (χ3v) is 13.0. The first-order valence-electron chi connectivity index (χ1n) is 21.1. The number of alkyl carbamates (subject to hydrolysis) is 2. The van der Waals surface area contributed by atoms with Gasteiger partial charge in [-0.2, -0.15) is 0 Å². The number of aliphatic hydroxyl groups is 1. The van der Waals surface area contributed by atoms with Gasteiger partial charge < -0.3 is 54.3 Å². The molecule has 0 radical (unpaired) electrons. The van der Waals surface area contributed by atoms with Crippen LogP contribution in [0.15, 0.2) is 48.7 Å². The van der Waals surface area contributed by atoms with Gasteiger partial charge in [-0.05, 0) is 92.3 Å². The van der Waals surface area contributed by atoms with E-state index in [0.717, 1.165) is 74.2 Å². The van der Waals surface area contributed by atoms with Crippen LogP contribution in [0.5, 0.6) is 5.75 Å². The molecule has 3 amide bonds. The molecular formula is C45H56N8O9. The Morgan fingerprint density at radius 1 is 0.887 bits per heavy atom. The molecule has 0 saturated carbocycles. The summed E-state index contributed by atoms with van der Waals surface area (Å²) in [6.45, 7) is 8.58. The molecule has 3 aromatic carbocycles. The molecule has 5 aromatic rings. The molecule has 62 heavy (non-hydrogen) atoms. The Kier molecular flexibility index (Phi) is 12.2. The first-order valence-corrected chi connectivity index (χ1v) is 21.1. The molecule has 9 atom stereocenters. The molecule has 2 saturated heterocycles. The second-order valence-corrected chi connectivity index (χ2v) is 16.8. The molecule has 17 nitrogen and oxygen atoms in total. The number of amides is 3. The average molecular weight is 853 g/mol. The van der Waals surface area contributed by atoms with Crippen molar-refractivity contribution in [3.05, 3.63) is 65.9 Å². The van der Waals surface area contributed by atoms with Crippen LogP contribution in [0.1, 0.15) is 76.3 Å². The Labute approximate surface area is 359 Å². The number of nitrogens with one attached hydrogen (secondary N) is 4. The standard InChI is InChI=1S/C45H56N8O9/c1-22-15-35(52(20-22)42(54)37(24(3)58-5)50-44(56)60-7)40-46-19-33(48-40)27-10-12-29-28(16-27)21-62-36-18-30-26(17-31(29)36)11-13-32-39(30)49-41(47-32)34-14-9-23(2)53(34)43(55)38(25(4)59-6)51-45(57)61-8/h10-13,16-19,22-25,34-35,37-38,43,55H,9,14-15,20-21H2,1-8H3,(H,46,48)(H,47,49)(H,50,56)(H,51,57)/t22-,23-,24+,25+,34-,35-,37-,38-,43?/m0/s1. The van der Waals surface area contributed by atoms with Crippen molar-refractivity contribution < 1.29 is 43.2 Å². The fraction of sp³-hybridized carbons (Fsp3) is 0.489. The molecule has 0 bridgehead atoms. The molecule has 5 heterocycles. The monoisotopic (exact) mass is 852 g/mol. The quantitative estimate of drug-likeness (QED) is 0.0990. The fourth-order valence-electron chi connectivity index (χ4n) is 9.41. The second-order valence-electron chi connectivity index (χ2n) is 16.8. The first-order chi connectivity index (χ1) is 29.8. The van der Waals surface area contributed by atoms with Gasteiger partial charge in [-0.25, -0.2) is 19.6 Å². The van der Waals surface area contributed by atoms with Gasteiger partial charge in [0.15, 0.2) is 0 Å². The summed E-state index contributed by atoms with van der Waals surface area (Å²) >= 11 is 0. The van der Waals surface area contributed by atoms with Crippen molar-refractivity contribution in [2.24, 2.45) is 5.92 Å². The molecule has 17 heteroatoms. The van der Waals surface area contributed by atoms with Gasteiger partial charge in [0.05, 0.1) is 67.5 Å². The third kappa shape index (κ3) is 7.93. The summed E-state index contributed by atoms with van der Waals surface area (Å²) in [4.78, 5) is 58.9. The van der Waals surface area contributed by atoms with Crippen LogP contribution in [-0.4, -0.2) is 124 Å². The number of aromatic amines is 2. The zero-order valence-electron chi connectivity index (χ0n) is 36.4. The maximum absolute atomic E-state index is 13.9. The van der Waals surface area contributed by atoms with E-state index in [1.165, 1.54) is 21.3 Å². The highest BCUT2D eigenvalue weighted by atomic mass is 16.5. The Bertz CT molecular complexity index is 2470. The molecule has 5 N–H and O–H groups in total. The molecule has 3 aliphatic rings. The number of likely N-dealkylation sites (tertiary alicyclic amines) is 2. The summed E-state index contributed by atoms with van der Waals surface area (Å²) < 4.78 is 27.1. The predicted octanol–water partition coefficient (Wildman–Crippen LogP) is 5.94. The van der Waals surface area contributed by atoms with E-state index in [1.54, 1.807) is 32.1 Å². The lowest BCUT2D eigenvalue weighted by Gasteiger charge is -2.38. The smallest absolute Gasteiger partial charge is 0.407 e. The second kappa shape index (κ2) is 17.6. The van der Waals surface area contributed by atoms with E-state index in [4.69, 9.17) is 33.7 Å². The fourth-order valence-corrected chi connectivity index (χ4v) is 9.41. The van der Waals surface area contributed by atoms with Gasteiger partial charge in [0, 0.05) is 37.8 Å². The SMILES string of the molecule is COC(=O)N[C@H](C(=O)N1C[C@@H](C)C[C@H]1c1ncc(-c2ccc3c(c2)COc2cc4c(ccc5nc([C@@H]6CC[C@H](C)N6C(O)[C@@H](NC(=O)OC)[C@@H](C)OC)[nH]c54)cc2-3)[nH]1)[C@@H](C)OC. The Balaban J connectivity index is 1.04. The van der Waals surface area contributed by atoms with Gasteiger partial charge in [0.25, 0.3) is 0 Å². The average Bonchev–Trinajstić information content (AvgIpc) is 4.11. The summed E-state index contributed by atoms with van der Waals surface area (Å²) in [7, 11) is 5.60.